The second-order valence-electron chi connectivity index (χ2n) is 11.0. The highest BCUT2D eigenvalue weighted by molar-refractivity contribution is 5.96. The number of para-hydroxylation sites is 2. The summed E-state index contributed by atoms with van der Waals surface area (Å²) >= 11 is 0. The predicted octanol–water partition coefficient (Wildman–Crippen LogP) is 4.65. The van der Waals surface area contributed by atoms with Gasteiger partial charge in [-0.1, -0.05) is 43.0 Å². The Morgan fingerprint density at radius 2 is 1.44 bits per heavy atom. The number of benzene rings is 3. The molecule has 0 bridgehead atoms. The Bertz CT molecular complexity index is 1460. The van der Waals surface area contributed by atoms with Gasteiger partial charge in [-0.2, -0.15) is 5.26 Å². The average Bonchev–Trinajstić information content (AvgIpc) is 3.02. The zero-order valence-electron chi connectivity index (χ0n) is 24.5. The summed E-state index contributed by atoms with van der Waals surface area (Å²) in [5.74, 6) is 0.120. The van der Waals surface area contributed by atoms with Gasteiger partial charge in [-0.15, -0.1) is 0 Å². The number of hydrogen-bond donors (Lipinski definition) is 1. The number of nitrogens with zero attached hydrogens (tertiary/aromatic N) is 5. The summed E-state index contributed by atoms with van der Waals surface area (Å²) < 4.78 is 0. The van der Waals surface area contributed by atoms with Gasteiger partial charge in [-0.25, -0.2) is 0 Å². The number of anilines is 2. The molecule has 2 saturated heterocycles. The van der Waals surface area contributed by atoms with Crippen molar-refractivity contribution in [3.63, 3.8) is 0 Å². The lowest BCUT2D eigenvalue weighted by Crippen LogP contribution is -2.49. The highest BCUT2D eigenvalue weighted by atomic mass is 16.2. The first-order valence-corrected chi connectivity index (χ1v) is 14.5. The number of rotatable bonds is 7. The average molecular weight is 549 g/mol. The highest BCUT2D eigenvalue weighted by Gasteiger charge is 2.26. The van der Waals surface area contributed by atoms with Gasteiger partial charge >= 0.3 is 0 Å². The molecule has 1 amide bonds. The van der Waals surface area contributed by atoms with E-state index in [1.807, 2.05) is 49.2 Å². The molecule has 2 fully saturated rings. The number of carbonyl (C=O) groups is 1. The monoisotopic (exact) mass is 548 g/mol. The Morgan fingerprint density at radius 1 is 0.829 bits per heavy atom. The van der Waals surface area contributed by atoms with Crippen LogP contribution in [-0.4, -0.2) is 75.1 Å². The Morgan fingerprint density at radius 3 is 2.12 bits per heavy atom. The standard InChI is InChI=1S/C34H40N6O/c1-25-21-26(2)31(22-29(25)24-37-13-15-38(16-14-37)32-11-7-5-9-28(32)23-35)34(41)40-19-17-39(18-20-40)33-12-8-6-10-30(33)27(3)36-4/h5-12,21-22,36H,3,13-20,24H2,1-2,4H3. The molecule has 0 saturated carbocycles. The van der Waals surface area contributed by atoms with Gasteiger partial charge in [0.05, 0.1) is 11.3 Å². The fourth-order valence-corrected chi connectivity index (χ4v) is 5.99. The van der Waals surface area contributed by atoms with Gasteiger partial charge in [0.2, 0.25) is 0 Å². The van der Waals surface area contributed by atoms with Crippen molar-refractivity contribution < 1.29 is 4.79 Å². The summed E-state index contributed by atoms with van der Waals surface area (Å²) in [5.41, 5.74) is 9.18. The second-order valence-corrected chi connectivity index (χ2v) is 11.0. The molecule has 0 radical (unpaired) electrons. The minimum Gasteiger partial charge on any atom is -0.388 e. The van der Waals surface area contributed by atoms with Crippen molar-refractivity contribution in [3.8, 4) is 6.07 Å². The van der Waals surface area contributed by atoms with Crippen molar-refractivity contribution in [2.45, 2.75) is 20.4 Å². The summed E-state index contributed by atoms with van der Waals surface area (Å²) in [6.45, 7) is 15.7. The lowest BCUT2D eigenvalue weighted by Gasteiger charge is -2.38. The fraction of sp³-hybridized carbons (Fsp3) is 0.353. The van der Waals surface area contributed by atoms with E-state index in [1.54, 1.807) is 0 Å². The normalized spacial score (nSPS) is 15.9. The molecule has 2 aliphatic heterocycles. The molecule has 0 atom stereocenters. The molecule has 0 unspecified atom stereocenters. The molecule has 7 heteroatoms. The first-order valence-electron chi connectivity index (χ1n) is 14.5. The molecule has 2 aliphatic rings. The summed E-state index contributed by atoms with van der Waals surface area (Å²) in [4.78, 5) is 22.8. The van der Waals surface area contributed by atoms with Crippen LogP contribution in [0.2, 0.25) is 0 Å². The van der Waals surface area contributed by atoms with Crippen LogP contribution in [0.25, 0.3) is 5.70 Å². The van der Waals surface area contributed by atoms with Gasteiger partial charge < -0.3 is 20.0 Å². The molecule has 3 aromatic rings. The summed E-state index contributed by atoms with van der Waals surface area (Å²) in [7, 11) is 1.89. The summed E-state index contributed by atoms with van der Waals surface area (Å²) in [5, 5.41) is 12.7. The van der Waals surface area contributed by atoms with E-state index in [-0.39, 0.29) is 5.91 Å². The second kappa shape index (κ2) is 12.5. The van der Waals surface area contributed by atoms with E-state index in [9.17, 15) is 10.1 Å². The molecule has 0 aliphatic carbocycles. The van der Waals surface area contributed by atoms with E-state index in [0.717, 1.165) is 85.1 Å². The molecule has 7 nitrogen and oxygen atoms in total. The van der Waals surface area contributed by atoms with Crippen LogP contribution >= 0.6 is 0 Å². The highest BCUT2D eigenvalue weighted by Crippen LogP contribution is 2.27. The van der Waals surface area contributed by atoms with Crippen LogP contribution < -0.4 is 15.1 Å². The molecule has 212 valence electrons. The Kier molecular flexibility index (Phi) is 8.61. The maximum atomic E-state index is 13.7. The van der Waals surface area contributed by atoms with Crippen molar-refractivity contribution in [3.05, 3.63) is 101 Å². The van der Waals surface area contributed by atoms with Crippen LogP contribution in [0.15, 0.2) is 67.2 Å². The Labute approximate surface area is 244 Å². The van der Waals surface area contributed by atoms with E-state index in [1.165, 1.54) is 11.1 Å². The third kappa shape index (κ3) is 6.08. The van der Waals surface area contributed by atoms with Gasteiger partial charge in [0, 0.05) is 88.5 Å². The van der Waals surface area contributed by atoms with Crippen molar-refractivity contribution in [2.24, 2.45) is 0 Å². The van der Waals surface area contributed by atoms with Gasteiger partial charge in [-0.3, -0.25) is 9.69 Å². The molecule has 41 heavy (non-hydrogen) atoms. The number of nitriles is 1. The largest absolute Gasteiger partial charge is 0.388 e. The van der Waals surface area contributed by atoms with Crippen molar-refractivity contribution in [1.82, 2.24) is 15.1 Å². The SMILES string of the molecule is C=C(NC)c1ccccc1N1CCN(C(=O)c2cc(CN3CCN(c4ccccc4C#N)CC3)c(C)cc2C)CC1. The van der Waals surface area contributed by atoms with Crippen LogP contribution in [0.5, 0.6) is 0 Å². The third-order valence-electron chi connectivity index (χ3n) is 8.48. The number of hydrogen-bond acceptors (Lipinski definition) is 6. The number of nitrogens with one attached hydrogen (secondary N) is 1. The maximum absolute atomic E-state index is 13.7. The molecule has 2 heterocycles. The van der Waals surface area contributed by atoms with Crippen LogP contribution in [0.1, 0.15) is 38.2 Å². The van der Waals surface area contributed by atoms with Crippen LogP contribution in [0, 0.1) is 25.2 Å². The quantitative estimate of drug-likeness (QED) is 0.464. The number of carbonyl (C=O) groups excluding carboxylic acids is 1. The minimum absolute atomic E-state index is 0.120. The van der Waals surface area contributed by atoms with Gasteiger partial charge in [-0.05, 0) is 54.8 Å². The lowest BCUT2D eigenvalue weighted by atomic mass is 9.98. The molecule has 5 rings (SSSR count). The molecule has 0 aromatic heterocycles. The molecule has 3 aromatic carbocycles. The van der Waals surface area contributed by atoms with Crippen molar-refractivity contribution >= 4 is 23.0 Å². The molecular weight excluding hydrogens is 508 g/mol. The van der Waals surface area contributed by atoms with E-state index in [0.29, 0.717) is 13.1 Å². The van der Waals surface area contributed by atoms with Gasteiger partial charge in [0.15, 0.2) is 0 Å². The first kappa shape index (κ1) is 28.3. The van der Waals surface area contributed by atoms with Gasteiger partial charge in [0.25, 0.3) is 5.91 Å². The maximum Gasteiger partial charge on any atom is 0.254 e. The number of aryl methyl sites for hydroxylation is 2. The van der Waals surface area contributed by atoms with Crippen LogP contribution in [0.4, 0.5) is 11.4 Å². The minimum atomic E-state index is 0.120. The lowest BCUT2D eigenvalue weighted by molar-refractivity contribution is 0.0746. The van der Waals surface area contributed by atoms with E-state index in [4.69, 9.17) is 0 Å². The van der Waals surface area contributed by atoms with E-state index in [2.05, 4.69) is 69.9 Å². The Hall–Kier alpha value is -4.28. The fourth-order valence-electron chi connectivity index (χ4n) is 5.99. The zero-order valence-corrected chi connectivity index (χ0v) is 24.5. The summed E-state index contributed by atoms with van der Waals surface area (Å²) in [6.07, 6.45) is 0. The Balaban J connectivity index is 1.23. The third-order valence-corrected chi connectivity index (χ3v) is 8.48. The van der Waals surface area contributed by atoms with Gasteiger partial charge in [0.1, 0.15) is 6.07 Å². The first-order chi connectivity index (χ1) is 19.9. The topological polar surface area (TPSA) is 65.8 Å². The van der Waals surface area contributed by atoms with E-state index < -0.39 is 0 Å². The van der Waals surface area contributed by atoms with Crippen LogP contribution in [-0.2, 0) is 6.54 Å². The molecule has 0 spiro atoms. The van der Waals surface area contributed by atoms with Crippen LogP contribution in [0.3, 0.4) is 0 Å². The number of piperazine rings is 2. The molecule has 1 N–H and O–H groups in total. The molecular formula is C34H40N6O. The zero-order chi connectivity index (χ0) is 28.9. The van der Waals surface area contributed by atoms with E-state index >= 15 is 0 Å². The smallest absolute Gasteiger partial charge is 0.254 e. The van der Waals surface area contributed by atoms with Crippen molar-refractivity contribution in [1.29, 1.82) is 5.26 Å². The number of amides is 1. The summed E-state index contributed by atoms with van der Waals surface area (Å²) in [6, 6.07) is 22.8. The predicted molar refractivity (Wildman–Crippen MR) is 167 cm³/mol. The van der Waals surface area contributed by atoms with Crippen molar-refractivity contribution in [2.75, 3.05) is 69.2 Å².